The molecule has 0 heterocycles. The van der Waals surface area contributed by atoms with E-state index >= 15 is 0 Å². The molecular weight excluding hydrogens is 293 g/mol. The standard InChI is InChI=1S/C16H23Cl2NO/c1-16(12-6-7-12,11-19-8-9-20-2)10-13-14(17)4-3-5-15(13)18/h3-5,12,19H,6-11H2,1-2H3. The molecule has 4 heteroatoms. The molecule has 1 fully saturated rings. The van der Waals surface area contributed by atoms with Crippen LogP contribution in [0.2, 0.25) is 10.0 Å². The molecule has 1 unspecified atom stereocenters. The number of hydrogen-bond acceptors (Lipinski definition) is 2. The van der Waals surface area contributed by atoms with E-state index in [9.17, 15) is 0 Å². The van der Waals surface area contributed by atoms with Crippen LogP contribution in [0, 0.1) is 11.3 Å². The van der Waals surface area contributed by atoms with Gasteiger partial charge in [-0.25, -0.2) is 0 Å². The van der Waals surface area contributed by atoms with Crippen molar-refractivity contribution in [2.75, 3.05) is 26.8 Å². The zero-order valence-corrected chi connectivity index (χ0v) is 13.7. The Bertz CT molecular complexity index is 428. The van der Waals surface area contributed by atoms with Gasteiger partial charge in [0.1, 0.15) is 0 Å². The van der Waals surface area contributed by atoms with E-state index in [2.05, 4.69) is 12.2 Å². The summed E-state index contributed by atoms with van der Waals surface area (Å²) in [4.78, 5) is 0. The molecule has 1 aliphatic rings. The second kappa shape index (κ2) is 7.13. The summed E-state index contributed by atoms with van der Waals surface area (Å²) >= 11 is 12.6. The van der Waals surface area contributed by atoms with Crippen LogP contribution in [0.4, 0.5) is 0 Å². The van der Waals surface area contributed by atoms with Crippen LogP contribution < -0.4 is 5.32 Å². The van der Waals surface area contributed by atoms with Crippen molar-refractivity contribution in [3.8, 4) is 0 Å². The summed E-state index contributed by atoms with van der Waals surface area (Å²) in [7, 11) is 1.73. The lowest BCUT2D eigenvalue weighted by Gasteiger charge is -2.31. The summed E-state index contributed by atoms with van der Waals surface area (Å²) < 4.78 is 5.08. The first-order valence-electron chi connectivity index (χ1n) is 7.19. The van der Waals surface area contributed by atoms with Gasteiger partial charge in [-0.05, 0) is 48.3 Å². The maximum absolute atomic E-state index is 6.32. The smallest absolute Gasteiger partial charge is 0.0587 e. The molecule has 2 nitrogen and oxygen atoms in total. The maximum Gasteiger partial charge on any atom is 0.0587 e. The fraction of sp³-hybridized carbons (Fsp3) is 0.625. The molecule has 1 aliphatic carbocycles. The van der Waals surface area contributed by atoms with Crippen LogP contribution in [0.5, 0.6) is 0 Å². The average molecular weight is 316 g/mol. The zero-order valence-electron chi connectivity index (χ0n) is 12.2. The van der Waals surface area contributed by atoms with E-state index in [1.54, 1.807) is 7.11 Å². The number of benzene rings is 1. The molecule has 1 atom stereocenters. The normalized spacial score (nSPS) is 18.0. The minimum absolute atomic E-state index is 0.211. The van der Waals surface area contributed by atoms with E-state index in [0.717, 1.165) is 47.6 Å². The van der Waals surface area contributed by atoms with Crippen LogP contribution in [0.1, 0.15) is 25.3 Å². The van der Waals surface area contributed by atoms with E-state index in [1.807, 2.05) is 18.2 Å². The van der Waals surface area contributed by atoms with E-state index < -0.39 is 0 Å². The van der Waals surface area contributed by atoms with Gasteiger partial charge in [0.05, 0.1) is 6.61 Å². The first-order chi connectivity index (χ1) is 9.57. The lowest BCUT2D eigenvalue weighted by Crippen LogP contribution is -2.37. The lowest BCUT2D eigenvalue weighted by atomic mass is 9.78. The number of methoxy groups -OCH3 is 1. The molecule has 0 aromatic heterocycles. The van der Waals surface area contributed by atoms with E-state index in [1.165, 1.54) is 12.8 Å². The molecule has 0 radical (unpaired) electrons. The highest BCUT2D eigenvalue weighted by Gasteiger charge is 2.41. The quantitative estimate of drug-likeness (QED) is 0.726. The van der Waals surface area contributed by atoms with Crippen LogP contribution in [0.15, 0.2) is 18.2 Å². The Balaban J connectivity index is 2.05. The van der Waals surface area contributed by atoms with Gasteiger partial charge in [-0.2, -0.15) is 0 Å². The lowest BCUT2D eigenvalue weighted by molar-refractivity contribution is 0.187. The second-order valence-electron chi connectivity index (χ2n) is 5.97. The Morgan fingerprint density at radius 3 is 2.50 bits per heavy atom. The SMILES string of the molecule is COCCNCC(C)(Cc1c(Cl)cccc1Cl)C1CC1. The third kappa shape index (κ3) is 4.11. The third-order valence-electron chi connectivity index (χ3n) is 4.22. The third-order valence-corrected chi connectivity index (χ3v) is 4.93. The number of halogens is 2. The minimum Gasteiger partial charge on any atom is -0.383 e. The van der Waals surface area contributed by atoms with Crippen LogP contribution in [0.25, 0.3) is 0 Å². The summed E-state index contributed by atoms with van der Waals surface area (Å²) in [5.74, 6) is 0.768. The zero-order chi connectivity index (χ0) is 14.6. The van der Waals surface area contributed by atoms with Gasteiger partial charge in [0, 0.05) is 30.2 Å². The molecule has 1 aromatic rings. The molecule has 0 amide bonds. The molecule has 0 saturated heterocycles. The topological polar surface area (TPSA) is 21.3 Å². The fourth-order valence-corrected chi connectivity index (χ4v) is 3.32. The second-order valence-corrected chi connectivity index (χ2v) is 6.79. The number of nitrogens with one attached hydrogen (secondary N) is 1. The Labute approximate surface area is 131 Å². The minimum atomic E-state index is 0.211. The molecule has 1 saturated carbocycles. The Morgan fingerprint density at radius 2 is 1.95 bits per heavy atom. The molecular formula is C16H23Cl2NO. The largest absolute Gasteiger partial charge is 0.383 e. The van der Waals surface area contributed by atoms with E-state index in [4.69, 9.17) is 27.9 Å². The van der Waals surface area contributed by atoms with Gasteiger partial charge in [-0.3, -0.25) is 0 Å². The Kier molecular flexibility index (Phi) is 5.74. The van der Waals surface area contributed by atoms with Crippen molar-refractivity contribution in [3.05, 3.63) is 33.8 Å². The molecule has 20 heavy (non-hydrogen) atoms. The number of ether oxygens (including phenoxy) is 1. The van der Waals surface area contributed by atoms with Gasteiger partial charge >= 0.3 is 0 Å². The summed E-state index contributed by atoms with van der Waals surface area (Å²) in [6.45, 7) is 4.94. The van der Waals surface area contributed by atoms with E-state index in [-0.39, 0.29) is 5.41 Å². The van der Waals surface area contributed by atoms with Crippen LogP contribution >= 0.6 is 23.2 Å². The van der Waals surface area contributed by atoms with Gasteiger partial charge in [-0.15, -0.1) is 0 Å². The van der Waals surface area contributed by atoms with Crippen molar-refractivity contribution in [3.63, 3.8) is 0 Å². The predicted molar refractivity (Wildman–Crippen MR) is 85.7 cm³/mol. The van der Waals surface area contributed by atoms with Gasteiger partial charge in [0.2, 0.25) is 0 Å². The monoisotopic (exact) mass is 315 g/mol. The van der Waals surface area contributed by atoms with Crippen molar-refractivity contribution < 1.29 is 4.74 Å². The van der Waals surface area contributed by atoms with Gasteiger partial charge in [-0.1, -0.05) is 36.2 Å². The highest BCUT2D eigenvalue weighted by molar-refractivity contribution is 6.36. The fourth-order valence-electron chi connectivity index (χ4n) is 2.78. The Hall–Kier alpha value is -0.280. The summed E-state index contributed by atoms with van der Waals surface area (Å²) in [5.41, 5.74) is 1.29. The van der Waals surface area contributed by atoms with Crippen molar-refractivity contribution >= 4 is 23.2 Å². The highest BCUT2D eigenvalue weighted by Crippen LogP contribution is 2.48. The van der Waals surface area contributed by atoms with Crippen LogP contribution in [-0.4, -0.2) is 26.8 Å². The summed E-state index contributed by atoms with van der Waals surface area (Å²) in [6.07, 6.45) is 3.55. The van der Waals surface area contributed by atoms with Crippen molar-refractivity contribution in [2.45, 2.75) is 26.2 Å². The number of rotatable bonds is 8. The molecule has 2 rings (SSSR count). The molecule has 1 aromatic carbocycles. The van der Waals surface area contributed by atoms with Gasteiger partial charge in [0.25, 0.3) is 0 Å². The maximum atomic E-state index is 6.32. The van der Waals surface area contributed by atoms with Crippen LogP contribution in [-0.2, 0) is 11.2 Å². The molecule has 0 bridgehead atoms. The summed E-state index contributed by atoms with van der Waals surface area (Å²) in [5, 5.41) is 5.05. The summed E-state index contributed by atoms with van der Waals surface area (Å²) in [6, 6.07) is 5.75. The molecule has 0 spiro atoms. The molecule has 0 aliphatic heterocycles. The van der Waals surface area contributed by atoms with E-state index in [0.29, 0.717) is 0 Å². The molecule has 112 valence electrons. The van der Waals surface area contributed by atoms with Crippen LogP contribution in [0.3, 0.4) is 0 Å². The first-order valence-corrected chi connectivity index (χ1v) is 7.95. The first kappa shape index (κ1) is 16.1. The average Bonchev–Trinajstić information content (AvgIpc) is 3.24. The van der Waals surface area contributed by atoms with Crippen molar-refractivity contribution in [1.29, 1.82) is 0 Å². The van der Waals surface area contributed by atoms with Gasteiger partial charge in [0.15, 0.2) is 0 Å². The van der Waals surface area contributed by atoms with Gasteiger partial charge < -0.3 is 10.1 Å². The predicted octanol–water partition coefficient (Wildman–Crippen LogP) is 4.19. The van der Waals surface area contributed by atoms with Crippen molar-refractivity contribution in [2.24, 2.45) is 11.3 Å². The Morgan fingerprint density at radius 1 is 1.30 bits per heavy atom. The van der Waals surface area contributed by atoms with Crippen molar-refractivity contribution in [1.82, 2.24) is 5.32 Å². The highest BCUT2D eigenvalue weighted by atomic mass is 35.5. The number of hydrogen-bond donors (Lipinski definition) is 1. The molecule has 1 N–H and O–H groups in total.